The monoisotopic (exact) mass is 426 g/mol. The summed E-state index contributed by atoms with van der Waals surface area (Å²) in [6.45, 7) is 3.22. The predicted octanol–water partition coefficient (Wildman–Crippen LogP) is 3.87. The lowest BCUT2D eigenvalue weighted by Gasteiger charge is -2.42. The summed E-state index contributed by atoms with van der Waals surface area (Å²) >= 11 is 6.24. The van der Waals surface area contributed by atoms with Crippen molar-refractivity contribution in [2.45, 2.75) is 31.4 Å². The molecule has 1 saturated heterocycles. The number of rotatable bonds is 3. The number of piperidine rings is 1. The van der Waals surface area contributed by atoms with Crippen LogP contribution in [0.3, 0.4) is 0 Å². The number of nitrogens with one attached hydrogen (secondary N) is 1. The lowest BCUT2D eigenvalue weighted by molar-refractivity contribution is -0.0127. The van der Waals surface area contributed by atoms with Gasteiger partial charge in [-0.25, -0.2) is 4.79 Å². The third-order valence-electron chi connectivity index (χ3n) is 6.57. The average Bonchev–Trinajstić information content (AvgIpc) is 3.29. The van der Waals surface area contributed by atoms with E-state index in [1.807, 2.05) is 35.0 Å². The van der Waals surface area contributed by atoms with Crippen LogP contribution in [0, 0.1) is 5.92 Å². The number of carbonyl (C=O) groups is 1. The summed E-state index contributed by atoms with van der Waals surface area (Å²) in [4.78, 5) is 19.6. The van der Waals surface area contributed by atoms with Crippen LogP contribution in [0.1, 0.15) is 31.4 Å². The molecule has 1 fully saturated rings. The number of hydroxylamine groups is 1. The van der Waals surface area contributed by atoms with Gasteiger partial charge in [-0.15, -0.1) is 0 Å². The first-order valence-corrected chi connectivity index (χ1v) is 10.5. The third-order valence-corrected chi connectivity index (χ3v) is 6.79. The van der Waals surface area contributed by atoms with Crippen LogP contribution in [0.5, 0.6) is 5.75 Å². The average molecular weight is 427 g/mol. The molecule has 3 heterocycles. The van der Waals surface area contributed by atoms with E-state index in [0.29, 0.717) is 23.9 Å². The molecule has 1 aromatic heterocycles. The minimum Gasteiger partial charge on any atom is -0.386 e. The van der Waals surface area contributed by atoms with Crippen molar-refractivity contribution >= 4 is 28.5 Å². The minimum absolute atomic E-state index is 0.167. The Kier molecular flexibility index (Phi) is 4.60. The number of hydrogen-bond acceptors (Lipinski definition) is 4. The molecule has 0 radical (unpaired) electrons. The number of para-hydroxylation sites is 1. The fourth-order valence-corrected chi connectivity index (χ4v) is 5.12. The maximum Gasteiger partial charge on any atom is 0.350 e. The molecule has 2 aromatic carbocycles. The van der Waals surface area contributed by atoms with Gasteiger partial charge in [0.05, 0.1) is 17.3 Å². The predicted molar refractivity (Wildman–Crippen MR) is 113 cm³/mol. The Balaban J connectivity index is 1.28. The molecule has 5 rings (SSSR count). The standard InChI is InChI=1S/C22H23ClN4O3/c1-22(20(28)18-12-16(23)11-14-13-24-27(22)19(14)18)15-7-9-26(10-8-15)21(29)25-30-17-5-3-2-4-6-17/h2-6,11-13,15,20,28H,7-10H2,1H3,(H,25,29)/t20-,22?/m1/s1. The number of aliphatic hydroxyl groups is 1. The maximum atomic E-state index is 12.5. The highest BCUT2D eigenvalue weighted by Gasteiger charge is 2.50. The number of nitrogens with zero attached hydrogens (tertiary/aromatic N) is 3. The molecule has 2 N–H and O–H groups in total. The maximum absolute atomic E-state index is 12.5. The van der Waals surface area contributed by atoms with Crippen LogP contribution in [0.4, 0.5) is 4.79 Å². The molecule has 2 aliphatic rings. The van der Waals surface area contributed by atoms with E-state index >= 15 is 0 Å². The summed E-state index contributed by atoms with van der Waals surface area (Å²) in [6, 6.07) is 12.6. The summed E-state index contributed by atoms with van der Waals surface area (Å²) < 4.78 is 1.96. The van der Waals surface area contributed by atoms with Gasteiger partial charge in [0.25, 0.3) is 0 Å². The number of halogens is 1. The Bertz CT molecular complexity index is 1090. The SMILES string of the molecule is CC1(C2CCN(C(=O)NOc3ccccc3)CC2)[C@H](O)c2cc(Cl)cc3cnn1c23. The molecule has 1 unspecified atom stereocenters. The fraction of sp³-hybridized carbons (Fsp3) is 0.364. The molecule has 8 heteroatoms. The van der Waals surface area contributed by atoms with Crippen LogP contribution in [-0.4, -0.2) is 38.9 Å². The van der Waals surface area contributed by atoms with Gasteiger partial charge in [-0.2, -0.15) is 10.6 Å². The highest BCUT2D eigenvalue weighted by Crippen LogP contribution is 2.51. The van der Waals surface area contributed by atoms with Gasteiger partial charge in [0.1, 0.15) is 6.10 Å². The van der Waals surface area contributed by atoms with Gasteiger partial charge >= 0.3 is 6.03 Å². The molecule has 2 aliphatic heterocycles. The van der Waals surface area contributed by atoms with E-state index in [1.54, 1.807) is 23.2 Å². The second-order valence-electron chi connectivity index (χ2n) is 8.20. The zero-order valence-corrected chi connectivity index (χ0v) is 17.3. The molecular weight excluding hydrogens is 404 g/mol. The van der Waals surface area contributed by atoms with Crippen LogP contribution in [0.2, 0.25) is 5.02 Å². The highest BCUT2D eigenvalue weighted by atomic mass is 35.5. The summed E-state index contributed by atoms with van der Waals surface area (Å²) in [7, 11) is 0. The van der Waals surface area contributed by atoms with Gasteiger partial charge in [-0.05, 0) is 49.9 Å². The van der Waals surface area contributed by atoms with Crippen molar-refractivity contribution < 1.29 is 14.7 Å². The molecule has 2 atom stereocenters. The number of carbonyl (C=O) groups excluding carboxylic acids is 1. The summed E-state index contributed by atoms with van der Waals surface area (Å²) in [5.41, 5.74) is 3.72. The Hall–Kier alpha value is -2.77. The van der Waals surface area contributed by atoms with E-state index < -0.39 is 11.6 Å². The van der Waals surface area contributed by atoms with Crippen molar-refractivity contribution in [3.63, 3.8) is 0 Å². The fourth-order valence-electron chi connectivity index (χ4n) is 4.89. The highest BCUT2D eigenvalue weighted by molar-refractivity contribution is 6.31. The summed E-state index contributed by atoms with van der Waals surface area (Å²) in [6.07, 6.45) is 2.64. The van der Waals surface area contributed by atoms with Crippen LogP contribution in [0.25, 0.3) is 10.9 Å². The zero-order chi connectivity index (χ0) is 20.9. The summed E-state index contributed by atoms with van der Waals surface area (Å²) in [5.74, 6) is 0.752. The number of hydrogen-bond donors (Lipinski definition) is 2. The van der Waals surface area contributed by atoms with Gasteiger partial charge in [-0.1, -0.05) is 29.8 Å². The smallest absolute Gasteiger partial charge is 0.350 e. The molecular formula is C22H23ClN4O3. The molecule has 0 spiro atoms. The first-order chi connectivity index (χ1) is 14.5. The van der Waals surface area contributed by atoms with Gasteiger partial charge in [0.15, 0.2) is 5.75 Å². The molecule has 30 heavy (non-hydrogen) atoms. The number of likely N-dealkylation sites (tertiary alicyclic amines) is 1. The van der Waals surface area contributed by atoms with Crippen LogP contribution in [-0.2, 0) is 5.54 Å². The molecule has 156 valence electrons. The third kappa shape index (κ3) is 2.92. The van der Waals surface area contributed by atoms with E-state index in [2.05, 4.69) is 17.5 Å². The number of aromatic nitrogens is 2. The largest absolute Gasteiger partial charge is 0.386 e. The second kappa shape index (κ2) is 7.18. The van der Waals surface area contributed by atoms with E-state index in [4.69, 9.17) is 16.4 Å². The first kappa shape index (κ1) is 19.2. The number of amides is 2. The van der Waals surface area contributed by atoms with E-state index in [-0.39, 0.29) is 11.9 Å². The molecule has 3 aromatic rings. The van der Waals surface area contributed by atoms with E-state index in [0.717, 1.165) is 29.3 Å². The van der Waals surface area contributed by atoms with E-state index in [9.17, 15) is 9.90 Å². The number of benzene rings is 2. The topological polar surface area (TPSA) is 79.6 Å². The zero-order valence-electron chi connectivity index (χ0n) is 16.6. The van der Waals surface area contributed by atoms with Crippen molar-refractivity contribution in [2.75, 3.05) is 13.1 Å². The second-order valence-corrected chi connectivity index (χ2v) is 8.64. The Morgan fingerprint density at radius 3 is 2.73 bits per heavy atom. The Morgan fingerprint density at radius 1 is 1.27 bits per heavy atom. The summed E-state index contributed by atoms with van der Waals surface area (Å²) in [5, 5.41) is 17.3. The van der Waals surface area contributed by atoms with Crippen molar-refractivity contribution in [1.82, 2.24) is 20.2 Å². The van der Waals surface area contributed by atoms with Crippen molar-refractivity contribution in [1.29, 1.82) is 0 Å². The quantitative estimate of drug-likeness (QED) is 0.623. The van der Waals surface area contributed by atoms with Crippen molar-refractivity contribution in [3.8, 4) is 5.75 Å². The van der Waals surface area contributed by atoms with Crippen molar-refractivity contribution in [3.05, 3.63) is 59.2 Å². The normalized spacial score (nSPS) is 23.7. The number of aliphatic hydroxyl groups excluding tert-OH is 1. The van der Waals surface area contributed by atoms with Crippen LogP contribution < -0.4 is 10.3 Å². The number of urea groups is 1. The van der Waals surface area contributed by atoms with Gasteiger partial charge in [-0.3, -0.25) is 4.68 Å². The molecule has 0 bridgehead atoms. The first-order valence-electron chi connectivity index (χ1n) is 10.1. The van der Waals surface area contributed by atoms with Gasteiger partial charge in [0, 0.05) is 29.1 Å². The molecule has 0 aliphatic carbocycles. The van der Waals surface area contributed by atoms with Gasteiger partial charge < -0.3 is 14.8 Å². The van der Waals surface area contributed by atoms with Crippen LogP contribution in [0.15, 0.2) is 48.7 Å². The molecule has 2 amide bonds. The minimum atomic E-state index is -0.686. The molecule has 0 saturated carbocycles. The lowest BCUT2D eigenvalue weighted by Crippen LogP contribution is -2.50. The van der Waals surface area contributed by atoms with E-state index in [1.165, 1.54) is 0 Å². The Labute approximate surface area is 179 Å². The molecule has 7 nitrogen and oxygen atoms in total. The van der Waals surface area contributed by atoms with Crippen molar-refractivity contribution in [2.24, 2.45) is 5.92 Å². The van der Waals surface area contributed by atoms with Crippen LogP contribution >= 0.6 is 11.6 Å². The van der Waals surface area contributed by atoms with Gasteiger partial charge in [0.2, 0.25) is 0 Å². The lowest BCUT2D eigenvalue weighted by atomic mass is 9.75. The Morgan fingerprint density at radius 2 is 2.00 bits per heavy atom.